The Morgan fingerprint density at radius 2 is 1.92 bits per heavy atom. The predicted octanol–water partition coefficient (Wildman–Crippen LogP) is 6.28. The van der Waals surface area contributed by atoms with E-state index in [0.29, 0.717) is 16.7 Å². The van der Waals surface area contributed by atoms with E-state index in [4.69, 9.17) is 27.9 Å². The minimum atomic E-state index is 0.507. The first-order valence-corrected chi connectivity index (χ1v) is 9.34. The summed E-state index contributed by atoms with van der Waals surface area (Å²) < 4.78 is 7.92. The lowest BCUT2D eigenvalue weighted by Crippen LogP contribution is -1.96. The summed E-state index contributed by atoms with van der Waals surface area (Å²) in [6.07, 6.45) is 1.77. The monoisotopic (exact) mass is 388 g/mol. The van der Waals surface area contributed by atoms with Crippen molar-refractivity contribution in [1.82, 2.24) is 9.55 Å². The molecule has 4 aromatic rings. The number of thiophene rings is 1. The van der Waals surface area contributed by atoms with Gasteiger partial charge in [-0.1, -0.05) is 47.5 Å². The quantitative estimate of drug-likeness (QED) is 0.411. The zero-order valence-electron chi connectivity index (χ0n) is 13.4. The van der Waals surface area contributed by atoms with E-state index in [-0.39, 0.29) is 0 Å². The minimum Gasteiger partial charge on any atom is -0.488 e. The molecule has 6 heteroatoms. The van der Waals surface area contributed by atoms with Crippen LogP contribution in [0.1, 0.15) is 11.1 Å². The van der Waals surface area contributed by atoms with Gasteiger partial charge in [0.05, 0.1) is 21.1 Å². The number of imidazole rings is 1. The molecule has 0 saturated carbocycles. The molecule has 0 aliphatic carbocycles. The second-order valence-electron chi connectivity index (χ2n) is 5.71. The number of hydrogen-bond donors (Lipinski definition) is 0. The molecule has 0 radical (unpaired) electrons. The van der Waals surface area contributed by atoms with E-state index in [9.17, 15) is 0 Å². The van der Waals surface area contributed by atoms with Crippen molar-refractivity contribution < 1.29 is 4.74 Å². The van der Waals surface area contributed by atoms with E-state index < -0.39 is 0 Å². The molecule has 2 heterocycles. The molecule has 0 bridgehead atoms. The van der Waals surface area contributed by atoms with E-state index in [1.807, 2.05) is 34.2 Å². The smallest absolute Gasteiger partial charge is 0.132 e. The Hall–Kier alpha value is -2.01. The van der Waals surface area contributed by atoms with Crippen LogP contribution in [0.3, 0.4) is 0 Å². The Bertz CT molecular complexity index is 1050. The largest absolute Gasteiger partial charge is 0.488 e. The molecular weight excluding hydrogens is 375 g/mol. The molecule has 0 spiro atoms. The van der Waals surface area contributed by atoms with Crippen LogP contribution in [0, 0.1) is 6.92 Å². The first-order chi connectivity index (χ1) is 12.1. The van der Waals surface area contributed by atoms with E-state index in [0.717, 1.165) is 21.8 Å². The van der Waals surface area contributed by atoms with Gasteiger partial charge in [-0.2, -0.15) is 0 Å². The maximum atomic E-state index is 6.15. The van der Waals surface area contributed by atoms with Crippen LogP contribution in [0.25, 0.3) is 16.0 Å². The maximum Gasteiger partial charge on any atom is 0.132 e. The van der Waals surface area contributed by atoms with Crippen LogP contribution < -0.4 is 4.74 Å². The highest BCUT2D eigenvalue weighted by Crippen LogP contribution is 2.32. The molecule has 0 saturated heterocycles. The molecule has 0 amide bonds. The van der Waals surface area contributed by atoms with E-state index in [1.54, 1.807) is 23.7 Å². The fourth-order valence-corrected chi connectivity index (χ4v) is 3.76. The number of nitrogens with zero attached hydrogens (tertiary/aromatic N) is 2. The Morgan fingerprint density at radius 3 is 2.76 bits per heavy atom. The second kappa shape index (κ2) is 6.71. The van der Waals surface area contributed by atoms with Gasteiger partial charge in [0, 0.05) is 11.4 Å². The van der Waals surface area contributed by atoms with Crippen molar-refractivity contribution in [2.45, 2.75) is 13.5 Å². The third kappa shape index (κ3) is 3.25. The third-order valence-electron chi connectivity index (χ3n) is 4.04. The number of aryl methyl sites for hydroxylation is 1. The van der Waals surface area contributed by atoms with Gasteiger partial charge in [0.15, 0.2) is 0 Å². The summed E-state index contributed by atoms with van der Waals surface area (Å²) in [7, 11) is 0. The Morgan fingerprint density at radius 1 is 1.12 bits per heavy atom. The number of hydrogen-bond acceptors (Lipinski definition) is 3. The maximum absolute atomic E-state index is 6.15. The van der Waals surface area contributed by atoms with Gasteiger partial charge in [0.2, 0.25) is 0 Å². The molecule has 0 aliphatic rings. The average molecular weight is 389 g/mol. The summed E-state index contributed by atoms with van der Waals surface area (Å²) in [5.74, 6) is 0.838. The number of benzene rings is 2. The van der Waals surface area contributed by atoms with Gasteiger partial charge in [-0.25, -0.2) is 4.98 Å². The molecular formula is C19H14Cl2N2OS. The molecule has 126 valence electrons. The van der Waals surface area contributed by atoms with E-state index >= 15 is 0 Å². The number of halogens is 2. The van der Waals surface area contributed by atoms with Crippen molar-refractivity contribution in [1.29, 1.82) is 0 Å². The van der Waals surface area contributed by atoms with Crippen LogP contribution in [0.5, 0.6) is 5.75 Å². The molecule has 2 aromatic carbocycles. The fraction of sp³-hybridized carbons (Fsp3) is 0.105. The fourth-order valence-electron chi connectivity index (χ4n) is 2.62. The van der Waals surface area contributed by atoms with Crippen LogP contribution >= 0.6 is 34.5 Å². The zero-order valence-corrected chi connectivity index (χ0v) is 15.7. The summed E-state index contributed by atoms with van der Waals surface area (Å²) in [5.41, 5.74) is 4.14. The van der Waals surface area contributed by atoms with Crippen LogP contribution in [0.2, 0.25) is 10.0 Å². The van der Waals surface area contributed by atoms with Gasteiger partial charge in [0.1, 0.15) is 23.7 Å². The number of aromatic nitrogens is 2. The first kappa shape index (κ1) is 16.5. The van der Waals surface area contributed by atoms with E-state index in [2.05, 4.69) is 24.0 Å². The average Bonchev–Trinajstić information content (AvgIpc) is 3.21. The topological polar surface area (TPSA) is 27.1 Å². The number of fused-ring (bicyclic) bond motifs is 1. The Kier molecular flexibility index (Phi) is 4.42. The molecule has 0 fully saturated rings. The van der Waals surface area contributed by atoms with Gasteiger partial charge >= 0.3 is 0 Å². The molecule has 3 nitrogen and oxygen atoms in total. The minimum absolute atomic E-state index is 0.507. The Labute approximate surface area is 159 Å². The lowest BCUT2D eigenvalue weighted by atomic mass is 10.1. The van der Waals surface area contributed by atoms with Crippen molar-refractivity contribution in [2.75, 3.05) is 0 Å². The summed E-state index contributed by atoms with van der Waals surface area (Å²) in [5, 5.41) is 4.04. The first-order valence-electron chi connectivity index (χ1n) is 7.70. The highest BCUT2D eigenvalue weighted by molar-refractivity contribution is 7.12. The molecule has 0 aliphatic heterocycles. The zero-order chi connectivity index (χ0) is 17.4. The van der Waals surface area contributed by atoms with Crippen LogP contribution in [-0.2, 0) is 6.61 Å². The van der Waals surface area contributed by atoms with Crippen LogP contribution in [0.4, 0.5) is 0 Å². The van der Waals surface area contributed by atoms with E-state index in [1.165, 1.54) is 11.1 Å². The molecule has 2 aromatic heterocycles. The van der Waals surface area contributed by atoms with Crippen molar-refractivity contribution in [3.8, 4) is 10.8 Å². The standard InChI is InChI=1S/C19H14Cl2N2OS/c1-12-4-2-3-5-13(12)9-24-14-6-19(25-10-14)23-11-22-17-7-15(20)16(21)8-18(17)23/h2-8,10-11H,9H2,1H3. The summed E-state index contributed by atoms with van der Waals surface area (Å²) >= 11 is 13.8. The highest BCUT2D eigenvalue weighted by atomic mass is 35.5. The van der Waals surface area contributed by atoms with Crippen LogP contribution in [-0.4, -0.2) is 9.55 Å². The molecule has 0 unspecified atom stereocenters. The normalized spacial score (nSPS) is 11.2. The molecule has 0 atom stereocenters. The predicted molar refractivity (Wildman–Crippen MR) is 104 cm³/mol. The van der Waals surface area contributed by atoms with Gasteiger partial charge < -0.3 is 4.74 Å². The van der Waals surface area contributed by atoms with Crippen molar-refractivity contribution in [3.05, 3.63) is 75.3 Å². The summed E-state index contributed by atoms with van der Waals surface area (Å²) in [4.78, 5) is 4.40. The lowest BCUT2D eigenvalue weighted by Gasteiger charge is -2.06. The number of rotatable bonds is 4. The van der Waals surface area contributed by atoms with Gasteiger partial charge in [-0.3, -0.25) is 4.57 Å². The molecule has 4 rings (SSSR count). The molecule has 25 heavy (non-hydrogen) atoms. The third-order valence-corrected chi connectivity index (χ3v) is 5.67. The number of ether oxygens (including phenoxy) is 1. The van der Waals surface area contributed by atoms with Crippen molar-refractivity contribution in [2.24, 2.45) is 0 Å². The van der Waals surface area contributed by atoms with Crippen molar-refractivity contribution >= 4 is 45.6 Å². The second-order valence-corrected chi connectivity index (χ2v) is 7.41. The summed E-state index contributed by atoms with van der Waals surface area (Å²) in [6, 6.07) is 13.8. The lowest BCUT2D eigenvalue weighted by molar-refractivity contribution is 0.307. The van der Waals surface area contributed by atoms with Gasteiger partial charge in [-0.05, 0) is 30.2 Å². The van der Waals surface area contributed by atoms with Gasteiger partial charge in [-0.15, -0.1) is 11.3 Å². The Balaban J connectivity index is 1.59. The highest BCUT2D eigenvalue weighted by Gasteiger charge is 2.11. The van der Waals surface area contributed by atoms with Crippen LogP contribution in [0.15, 0.2) is 54.2 Å². The van der Waals surface area contributed by atoms with Crippen molar-refractivity contribution in [3.63, 3.8) is 0 Å². The summed E-state index contributed by atoms with van der Waals surface area (Å²) in [6.45, 7) is 2.64. The van der Waals surface area contributed by atoms with Gasteiger partial charge in [0.25, 0.3) is 0 Å². The molecule has 0 N–H and O–H groups in total. The SMILES string of the molecule is Cc1ccccc1COc1csc(-n2cnc3cc(Cl)c(Cl)cc32)c1.